The van der Waals surface area contributed by atoms with Crippen LogP contribution in [-0.4, -0.2) is 78.5 Å². The average molecular weight is 631 g/mol. The van der Waals surface area contributed by atoms with Crippen molar-refractivity contribution in [3.8, 4) is 23.0 Å². The van der Waals surface area contributed by atoms with Gasteiger partial charge in [-0.3, -0.25) is 19.2 Å². The Kier molecular flexibility index (Phi) is 15.5. The van der Waals surface area contributed by atoms with Gasteiger partial charge in [-0.05, 0) is 74.9 Å². The molecule has 0 bridgehead atoms. The van der Waals surface area contributed by atoms with Crippen molar-refractivity contribution in [1.29, 1.82) is 0 Å². The van der Waals surface area contributed by atoms with Crippen LogP contribution >= 0.6 is 0 Å². The Balaban J connectivity index is 2.02. The lowest BCUT2D eigenvalue weighted by atomic mass is 9.78. The molecule has 0 aliphatic heterocycles. The molecule has 12 heteroatoms. The van der Waals surface area contributed by atoms with Gasteiger partial charge in [-0.25, -0.2) is 0 Å². The van der Waals surface area contributed by atoms with E-state index in [2.05, 4.69) is 10.6 Å². The number of rotatable bonds is 20. The molecule has 0 aliphatic rings. The molecule has 2 N–H and O–H groups in total. The van der Waals surface area contributed by atoms with Gasteiger partial charge in [0.05, 0.1) is 41.7 Å². The van der Waals surface area contributed by atoms with E-state index in [1.54, 1.807) is 54.4 Å². The Hall–Kier alpha value is -4.48. The number of carbonyl (C=O) groups excluding carboxylic acids is 4. The van der Waals surface area contributed by atoms with Gasteiger partial charge in [0.15, 0.2) is 28.4 Å². The Bertz CT molecular complexity index is 1180. The zero-order valence-corrected chi connectivity index (χ0v) is 27.1. The molecule has 2 rings (SSSR count). The number of amides is 2. The Morgan fingerprint density at radius 2 is 0.978 bits per heavy atom. The van der Waals surface area contributed by atoms with Crippen molar-refractivity contribution in [1.82, 2.24) is 10.6 Å². The molecular formula is C33H46N2O10. The zero-order chi connectivity index (χ0) is 33.2. The molecule has 2 aromatic carbocycles. The summed E-state index contributed by atoms with van der Waals surface area (Å²) >= 11 is 0. The molecular weight excluding hydrogens is 584 g/mol. The molecule has 0 unspecified atom stereocenters. The van der Waals surface area contributed by atoms with Crippen LogP contribution in [0.1, 0.15) is 50.7 Å². The van der Waals surface area contributed by atoms with Gasteiger partial charge in [-0.1, -0.05) is 12.1 Å². The van der Waals surface area contributed by atoms with E-state index in [9.17, 15) is 19.2 Å². The Morgan fingerprint density at radius 1 is 0.600 bits per heavy atom. The number of ether oxygens (including phenoxy) is 6. The molecule has 0 spiro atoms. The second-order valence-corrected chi connectivity index (χ2v) is 10.1. The normalized spacial score (nSPS) is 10.8. The minimum absolute atomic E-state index is 0.0228. The van der Waals surface area contributed by atoms with Crippen LogP contribution in [0.4, 0.5) is 0 Å². The third kappa shape index (κ3) is 10.9. The van der Waals surface area contributed by atoms with E-state index < -0.39 is 17.4 Å². The first-order chi connectivity index (χ1) is 21.7. The summed E-state index contributed by atoms with van der Waals surface area (Å²) in [5.74, 6) is 0.0253. The number of benzene rings is 2. The van der Waals surface area contributed by atoms with E-state index in [4.69, 9.17) is 28.4 Å². The number of nitrogens with one attached hydrogen (secondary N) is 2. The summed E-state index contributed by atoms with van der Waals surface area (Å²) in [5, 5.41) is 5.65. The maximum absolute atomic E-state index is 13.2. The lowest BCUT2D eigenvalue weighted by Gasteiger charge is -2.29. The SMILES string of the molecule is CCOC(=O)C(CCC(=O)NCCc1ccc(OC)c(OC)c1)(CCC(=O)NCCc1ccc(OC)c(OC)c1)C(=O)OCC. The number of carbonyl (C=O) groups is 4. The maximum Gasteiger partial charge on any atom is 0.323 e. The van der Waals surface area contributed by atoms with Crippen molar-refractivity contribution >= 4 is 23.8 Å². The Labute approximate surface area is 265 Å². The van der Waals surface area contributed by atoms with Gasteiger partial charge in [0.25, 0.3) is 0 Å². The Morgan fingerprint density at radius 3 is 1.31 bits per heavy atom. The predicted octanol–water partition coefficient (Wildman–Crippen LogP) is 3.41. The van der Waals surface area contributed by atoms with Crippen molar-refractivity contribution in [2.24, 2.45) is 5.41 Å². The fourth-order valence-corrected chi connectivity index (χ4v) is 4.75. The molecule has 12 nitrogen and oxygen atoms in total. The number of hydrogen-bond acceptors (Lipinski definition) is 10. The van der Waals surface area contributed by atoms with Crippen LogP contribution < -0.4 is 29.6 Å². The van der Waals surface area contributed by atoms with E-state index in [-0.39, 0.29) is 50.7 Å². The topological polar surface area (TPSA) is 148 Å². The third-order valence-electron chi connectivity index (χ3n) is 7.26. The first-order valence-electron chi connectivity index (χ1n) is 15.0. The first kappa shape index (κ1) is 36.7. The van der Waals surface area contributed by atoms with Crippen LogP contribution in [0.2, 0.25) is 0 Å². The van der Waals surface area contributed by atoms with Crippen molar-refractivity contribution in [3.05, 3.63) is 47.5 Å². The summed E-state index contributed by atoms with van der Waals surface area (Å²) in [6.07, 6.45) is 0.402. The van der Waals surface area contributed by atoms with Crippen molar-refractivity contribution < 1.29 is 47.6 Å². The van der Waals surface area contributed by atoms with E-state index in [0.29, 0.717) is 48.9 Å². The van der Waals surface area contributed by atoms with Crippen LogP contribution in [0, 0.1) is 5.41 Å². The summed E-state index contributed by atoms with van der Waals surface area (Å²) in [6.45, 7) is 3.93. The van der Waals surface area contributed by atoms with Gasteiger partial charge >= 0.3 is 11.9 Å². The highest BCUT2D eigenvalue weighted by Gasteiger charge is 2.48. The fourth-order valence-electron chi connectivity index (χ4n) is 4.75. The number of hydrogen-bond donors (Lipinski definition) is 2. The van der Waals surface area contributed by atoms with Gasteiger partial charge in [-0.2, -0.15) is 0 Å². The summed E-state index contributed by atoms with van der Waals surface area (Å²) in [4.78, 5) is 52.0. The van der Waals surface area contributed by atoms with Gasteiger partial charge in [0.1, 0.15) is 0 Å². The number of esters is 2. The highest BCUT2D eigenvalue weighted by molar-refractivity contribution is 6.01. The molecule has 45 heavy (non-hydrogen) atoms. The average Bonchev–Trinajstić information content (AvgIpc) is 3.04. The minimum atomic E-state index is -1.81. The molecule has 0 saturated heterocycles. The van der Waals surface area contributed by atoms with Crippen molar-refractivity contribution in [3.63, 3.8) is 0 Å². The van der Waals surface area contributed by atoms with Gasteiger partial charge in [0.2, 0.25) is 11.8 Å². The van der Waals surface area contributed by atoms with Crippen LogP contribution in [0.25, 0.3) is 0 Å². The summed E-state index contributed by atoms with van der Waals surface area (Å²) in [5.41, 5.74) is 0.0443. The second-order valence-electron chi connectivity index (χ2n) is 10.1. The van der Waals surface area contributed by atoms with Gasteiger partial charge in [-0.15, -0.1) is 0 Å². The summed E-state index contributed by atoms with van der Waals surface area (Å²) < 4.78 is 31.7. The smallest absolute Gasteiger partial charge is 0.323 e. The third-order valence-corrected chi connectivity index (χ3v) is 7.26. The monoisotopic (exact) mass is 630 g/mol. The number of methoxy groups -OCH3 is 4. The summed E-state index contributed by atoms with van der Waals surface area (Å²) in [7, 11) is 6.20. The molecule has 0 fully saturated rings. The molecule has 0 atom stereocenters. The van der Waals surface area contributed by atoms with E-state index >= 15 is 0 Å². The second kappa shape index (κ2) is 19.0. The lowest BCUT2D eigenvalue weighted by molar-refractivity contribution is -0.173. The van der Waals surface area contributed by atoms with Crippen molar-refractivity contribution in [2.75, 3.05) is 54.7 Å². The first-order valence-corrected chi connectivity index (χ1v) is 15.0. The molecule has 0 aromatic heterocycles. The maximum atomic E-state index is 13.2. The molecule has 0 aliphatic carbocycles. The molecule has 248 valence electrons. The highest BCUT2D eigenvalue weighted by Crippen LogP contribution is 2.34. The van der Waals surface area contributed by atoms with Crippen LogP contribution in [0.15, 0.2) is 36.4 Å². The van der Waals surface area contributed by atoms with Crippen molar-refractivity contribution in [2.45, 2.75) is 52.4 Å². The lowest BCUT2D eigenvalue weighted by Crippen LogP contribution is -2.44. The zero-order valence-electron chi connectivity index (χ0n) is 27.1. The fraction of sp³-hybridized carbons (Fsp3) is 0.515. The van der Waals surface area contributed by atoms with E-state index in [0.717, 1.165) is 11.1 Å². The highest BCUT2D eigenvalue weighted by atomic mass is 16.6. The molecule has 2 amide bonds. The van der Waals surface area contributed by atoms with Gasteiger partial charge in [0, 0.05) is 25.9 Å². The van der Waals surface area contributed by atoms with Crippen LogP contribution in [-0.2, 0) is 41.5 Å². The summed E-state index contributed by atoms with van der Waals surface area (Å²) in [6, 6.07) is 11.0. The van der Waals surface area contributed by atoms with E-state index in [1.807, 2.05) is 24.3 Å². The molecule has 0 radical (unpaired) electrons. The largest absolute Gasteiger partial charge is 0.493 e. The standard InChI is InChI=1S/C33H46N2O10/c1-7-44-31(38)33(32(39)45-8-2,17-13-29(36)34-19-15-23-9-11-25(40-3)27(21-23)42-5)18-14-30(37)35-20-16-24-10-12-26(41-4)28(22-24)43-6/h9-12,21-22H,7-8,13-20H2,1-6H3,(H,34,36)(H,35,37). The van der Waals surface area contributed by atoms with Gasteiger partial charge < -0.3 is 39.1 Å². The van der Waals surface area contributed by atoms with Crippen LogP contribution in [0.5, 0.6) is 23.0 Å². The predicted molar refractivity (Wildman–Crippen MR) is 167 cm³/mol. The minimum Gasteiger partial charge on any atom is -0.493 e. The molecule has 0 heterocycles. The van der Waals surface area contributed by atoms with E-state index in [1.165, 1.54) is 0 Å². The quantitative estimate of drug-likeness (QED) is 0.165. The molecule has 0 saturated carbocycles. The molecule has 2 aromatic rings. The van der Waals surface area contributed by atoms with Crippen LogP contribution in [0.3, 0.4) is 0 Å².